The molecule has 2 N–H and O–H groups in total. The van der Waals surface area contributed by atoms with Gasteiger partial charge in [0.1, 0.15) is 6.54 Å². The predicted octanol–water partition coefficient (Wildman–Crippen LogP) is 0.592. The second-order valence-electron chi connectivity index (χ2n) is 6.47. The van der Waals surface area contributed by atoms with Crippen LogP contribution in [-0.2, 0) is 11.3 Å². The van der Waals surface area contributed by atoms with Crippen molar-refractivity contribution in [2.45, 2.75) is 38.8 Å². The molecule has 134 valence electrons. The number of amides is 1. The van der Waals surface area contributed by atoms with Crippen molar-refractivity contribution in [2.75, 3.05) is 13.1 Å². The number of likely N-dealkylation sites (tertiary alicyclic amines) is 1. The van der Waals surface area contributed by atoms with Gasteiger partial charge in [-0.2, -0.15) is 0 Å². The lowest BCUT2D eigenvalue weighted by Crippen LogP contribution is -2.47. The fraction of sp³-hybridized carbons (Fsp3) is 0.471. The van der Waals surface area contributed by atoms with E-state index in [1.165, 1.54) is 21.2 Å². The first kappa shape index (κ1) is 17.6. The number of hydrogen-bond acceptors (Lipinski definition) is 5. The van der Waals surface area contributed by atoms with Crippen LogP contribution in [0.15, 0.2) is 27.2 Å². The molecule has 3 heterocycles. The standard InChI is InChI=1S/C17H21N3O4S/c1-10-4-6-25-15(10)12-3-5-19(8-13(12)21)14(22)9-20-7-11(2)16(23)18-17(20)24/h4,6-7,12-13,21H,3,5,8-9H2,1-2H3,(H,18,23,24)/t12-,13-/m0/s1. The molecule has 0 aromatic carbocycles. The van der Waals surface area contributed by atoms with Gasteiger partial charge in [-0.05, 0) is 37.3 Å². The number of aromatic nitrogens is 2. The number of aromatic amines is 1. The van der Waals surface area contributed by atoms with Crippen LogP contribution >= 0.6 is 11.3 Å². The molecular weight excluding hydrogens is 342 g/mol. The van der Waals surface area contributed by atoms with E-state index < -0.39 is 17.4 Å². The minimum atomic E-state index is -0.621. The van der Waals surface area contributed by atoms with Crippen molar-refractivity contribution in [3.8, 4) is 0 Å². The van der Waals surface area contributed by atoms with Crippen molar-refractivity contribution in [1.82, 2.24) is 14.5 Å². The summed E-state index contributed by atoms with van der Waals surface area (Å²) in [6, 6.07) is 2.04. The molecule has 1 aliphatic heterocycles. The summed E-state index contributed by atoms with van der Waals surface area (Å²) in [4.78, 5) is 40.6. The Morgan fingerprint density at radius 1 is 1.36 bits per heavy atom. The number of hydrogen-bond donors (Lipinski definition) is 2. The first-order valence-corrected chi connectivity index (χ1v) is 9.05. The van der Waals surface area contributed by atoms with Gasteiger partial charge in [-0.1, -0.05) is 0 Å². The zero-order valence-electron chi connectivity index (χ0n) is 14.2. The molecule has 0 spiro atoms. The zero-order valence-corrected chi connectivity index (χ0v) is 15.0. The zero-order chi connectivity index (χ0) is 18.1. The summed E-state index contributed by atoms with van der Waals surface area (Å²) >= 11 is 1.63. The summed E-state index contributed by atoms with van der Waals surface area (Å²) in [5.41, 5.74) is 0.494. The Labute approximate surface area is 148 Å². The normalized spacial score (nSPS) is 20.7. The molecular formula is C17H21N3O4S. The van der Waals surface area contributed by atoms with Crippen LogP contribution in [0.5, 0.6) is 0 Å². The highest BCUT2D eigenvalue weighted by molar-refractivity contribution is 7.10. The summed E-state index contributed by atoms with van der Waals surface area (Å²) in [5.74, 6) is -0.198. The average molecular weight is 363 g/mol. The Balaban J connectivity index is 1.69. The van der Waals surface area contributed by atoms with Crippen LogP contribution in [-0.4, -0.2) is 44.7 Å². The van der Waals surface area contributed by atoms with Crippen molar-refractivity contribution < 1.29 is 9.90 Å². The van der Waals surface area contributed by atoms with Gasteiger partial charge in [0.25, 0.3) is 5.56 Å². The minimum Gasteiger partial charge on any atom is -0.391 e. The minimum absolute atomic E-state index is 0.0436. The van der Waals surface area contributed by atoms with Gasteiger partial charge in [0.15, 0.2) is 0 Å². The third kappa shape index (κ3) is 3.59. The first-order chi connectivity index (χ1) is 11.9. The Morgan fingerprint density at radius 3 is 2.76 bits per heavy atom. The van der Waals surface area contributed by atoms with Crippen molar-refractivity contribution in [3.63, 3.8) is 0 Å². The number of nitrogens with one attached hydrogen (secondary N) is 1. The molecule has 25 heavy (non-hydrogen) atoms. The Hall–Kier alpha value is -2.19. The van der Waals surface area contributed by atoms with Gasteiger partial charge in [-0.15, -0.1) is 11.3 Å². The van der Waals surface area contributed by atoms with E-state index in [1.807, 2.05) is 18.4 Å². The van der Waals surface area contributed by atoms with Crippen LogP contribution in [0.25, 0.3) is 0 Å². The monoisotopic (exact) mass is 363 g/mol. The van der Waals surface area contributed by atoms with Crippen molar-refractivity contribution in [2.24, 2.45) is 0 Å². The van der Waals surface area contributed by atoms with E-state index in [0.717, 1.165) is 0 Å². The van der Waals surface area contributed by atoms with Crippen LogP contribution in [0.2, 0.25) is 0 Å². The van der Waals surface area contributed by atoms with Crippen molar-refractivity contribution in [1.29, 1.82) is 0 Å². The number of rotatable bonds is 3. The molecule has 0 unspecified atom stereocenters. The van der Waals surface area contributed by atoms with E-state index in [0.29, 0.717) is 18.5 Å². The van der Waals surface area contributed by atoms with E-state index in [-0.39, 0.29) is 24.9 Å². The molecule has 1 saturated heterocycles. The number of nitrogens with zero attached hydrogens (tertiary/aromatic N) is 2. The van der Waals surface area contributed by atoms with Gasteiger partial charge in [0.05, 0.1) is 6.10 Å². The molecule has 2 aromatic rings. The number of carbonyl (C=O) groups is 1. The van der Waals surface area contributed by atoms with E-state index in [1.54, 1.807) is 23.2 Å². The summed E-state index contributed by atoms with van der Waals surface area (Å²) < 4.78 is 1.20. The number of piperidine rings is 1. The fourth-order valence-electron chi connectivity index (χ4n) is 3.21. The highest BCUT2D eigenvalue weighted by Gasteiger charge is 2.32. The van der Waals surface area contributed by atoms with Crippen LogP contribution in [0.4, 0.5) is 0 Å². The summed E-state index contributed by atoms with van der Waals surface area (Å²) in [5, 5.41) is 12.5. The Morgan fingerprint density at radius 2 is 2.12 bits per heavy atom. The lowest BCUT2D eigenvalue weighted by atomic mass is 9.90. The van der Waals surface area contributed by atoms with Gasteiger partial charge in [0, 0.05) is 35.6 Å². The maximum atomic E-state index is 12.5. The Bertz CT molecular complexity index is 898. The molecule has 1 fully saturated rings. The Kier molecular flexibility index (Phi) is 4.91. The van der Waals surface area contributed by atoms with Crippen molar-refractivity contribution in [3.05, 3.63) is 54.5 Å². The van der Waals surface area contributed by atoms with E-state index >= 15 is 0 Å². The largest absolute Gasteiger partial charge is 0.391 e. The number of aliphatic hydroxyl groups is 1. The maximum Gasteiger partial charge on any atom is 0.328 e. The number of aliphatic hydroxyl groups excluding tert-OH is 1. The lowest BCUT2D eigenvalue weighted by Gasteiger charge is -2.36. The number of β-amino-alcohol motifs (C(OH)–C–C–N with tert-alkyl or cyclic N) is 1. The first-order valence-electron chi connectivity index (χ1n) is 8.17. The molecule has 7 nitrogen and oxygen atoms in total. The molecule has 0 bridgehead atoms. The highest BCUT2D eigenvalue weighted by atomic mass is 32.1. The van der Waals surface area contributed by atoms with Gasteiger partial charge in [0.2, 0.25) is 5.91 Å². The van der Waals surface area contributed by atoms with Gasteiger partial charge in [-0.25, -0.2) is 4.79 Å². The second-order valence-corrected chi connectivity index (χ2v) is 7.42. The third-order valence-electron chi connectivity index (χ3n) is 4.67. The van der Waals surface area contributed by atoms with Crippen LogP contribution in [0.1, 0.15) is 28.3 Å². The third-order valence-corrected chi connectivity index (χ3v) is 5.82. The predicted molar refractivity (Wildman–Crippen MR) is 95.1 cm³/mol. The van der Waals surface area contributed by atoms with E-state index in [4.69, 9.17) is 0 Å². The summed E-state index contributed by atoms with van der Waals surface area (Å²) in [6.07, 6.45) is 1.45. The highest BCUT2D eigenvalue weighted by Crippen LogP contribution is 2.34. The summed E-state index contributed by atoms with van der Waals surface area (Å²) in [6.45, 7) is 4.25. The number of carbonyl (C=O) groups excluding carboxylic acids is 1. The number of H-pyrrole nitrogens is 1. The number of aryl methyl sites for hydroxylation is 2. The SMILES string of the molecule is Cc1ccsc1[C@H]1CCN(C(=O)Cn2cc(C)c(=O)[nH]c2=O)C[C@@H]1O. The van der Waals surface area contributed by atoms with E-state index in [9.17, 15) is 19.5 Å². The van der Waals surface area contributed by atoms with Crippen LogP contribution in [0.3, 0.4) is 0 Å². The average Bonchev–Trinajstić information content (AvgIpc) is 2.98. The molecule has 2 aromatic heterocycles. The maximum absolute atomic E-state index is 12.5. The fourth-order valence-corrected chi connectivity index (χ4v) is 4.33. The topological polar surface area (TPSA) is 95.4 Å². The lowest BCUT2D eigenvalue weighted by molar-refractivity contribution is -0.135. The van der Waals surface area contributed by atoms with E-state index in [2.05, 4.69) is 4.98 Å². The quantitative estimate of drug-likeness (QED) is 0.834. The molecule has 0 aliphatic carbocycles. The van der Waals surface area contributed by atoms with Gasteiger partial charge < -0.3 is 10.0 Å². The van der Waals surface area contributed by atoms with Crippen LogP contribution < -0.4 is 11.2 Å². The van der Waals surface area contributed by atoms with Crippen LogP contribution in [0, 0.1) is 13.8 Å². The molecule has 3 rings (SSSR count). The molecule has 2 atom stereocenters. The smallest absolute Gasteiger partial charge is 0.328 e. The molecule has 1 amide bonds. The number of thiophene rings is 1. The molecule has 0 saturated carbocycles. The second kappa shape index (κ2) is 6.97. The van der Waals surface area contributed by atoms with Gasteiger partial charge >= 0.3 is 5.69 Å². The van der Waals surface area contributed by atoms with Crippen molar-refractivity contribution >= 4 is 17.2 Å². The van der Waals surface area contributed by atoms with Gasteiger partial charge in [-0.3, -0.25) is 19.1 Å². The molecule has 8 heteroatoms. The molecule has 1 aliphatic rings. The molecule has 0 radical (unpaired) electrons. The summed E-state index contributed by atoms with van der Waals surface area (Å²) in [7, 11) is 0.